The molecule has 2 aromatic rings. The van der Waals surface area contributed by atoms with Crippen LogP contribution in [0, 0.1) is 12.1 Å². The van der Waals surface area contributed by atoms with Crippen molar-refractivity contribution < 1.29 is 0 Å². The lowest BCUT2D eigenvalue weighted by atomic mass is 9.92. The minimum atomic E-state index is 0.0354. The number of aromatic nitrogens is 3. The summed E-state index contributed by atoms with van der Waals surface area (Å²) >= 11 is 0. The number of pyridine rings is 1. The molecule has 2 N–H and O–H groups in total. The van der Waals surface area contributed by atoms with E-state index in [1.165, 1.54) is 0 Å². The molecular formula is C19H25N5. The highest BCUT2D eigenvalue weighted by Crippen LogP contribution is 2.30. The summed E-state index contributed by atoms with van der Waals surface area (Å²) < 4.78 is 0. The lowest BCUT2D eigenvalue weighted by Gasteiger charge is -2.18. The van der Waals surface area contributed by atoms with E-state index in [9.17, 15) is 0 Å². The van der Waals surface area contributed by atoms with Crippen LogP contribution in [-0.4, -0.2) is 15.2 Å². The van der Waals surface area contributed by atoms with Gasteiger partial charge in [-0.05, 0) is 18.2 Å². The second-order valence-corrected chi connectivity index (χ2v) is 8.20. The van der Waals surface area contributed by atoms with Gasteiger partial charge in [-0.1, -0.05) is 47.6 Å². The molecule has 0 atom stereocenters. The summed E-state index contributed by atoms with van der Waals surface area (Å²) in [7, 11) is 0. The van der Waals surface area contributed by atoms with Crippen molar-refractivity contribution in [2.45, 2.75) is 47.0 Å². The Balaban J connectivity index is 1.88. The van der Waals surface area contributed by atoms with Gasteiger partial charge in [0.15, 0.2) is 0 Å². The van der Waals surface area contributed by atoms with E-state index in [1.54, 1.807) is 0 Å². The van der Waals surface area contributed by atoms with Crippen molar-refractivity contribution in [1.29, 1.82) is 0 Å². The van der Waals surface area contributed by atoms with Gasteiger partial charge in [0.05, 0.1) is 5.69 Å². The van der Waals surface area contributed by atoms with Gasteiger partial charge >= 0.3 is 0 Å². The molecule has 0 saturated carbocycles. The van der Waals surface area contributed by atoms with Crippen molar-refractivity contribution in [3.63, 3.8) is 0 Å². The maximum absolute atomic E-state index is 4.73. The molecule has 24 heavy (non-hydrogen) atoms. The van der Waals surface area contributed by atoms with Gasteiger partial charge in [0.25, 0.3) is 0 Å². The predicted octanol–water partition coefficient (Wildman–Crippen LogP) is 4.06. The molecule has 0 unspecified atom stereocenters. The number of allylic oxidation sites excluding steroid dienone is 1. The molecule has 2 radical (unpaired) electrons. The predicted molar refractivity (Wildman–Crippen MR) is 96.9 cm³/mol. The number of rotatable bonds is 2. The van der Waals surface area contributed by atoms with E-state index in [0.717, 1.165) is 28.6 Å². The van der Waals surface area contributed by atoms with Crippen LogP contribution in [0.3, 0.4) is 0 Å². The molecule has 126 valence electrons. The van der Waals surface area contributed by atoms with Crippen LogP contribution in [0.5, 0.6) is 0 Å². The van der Waals surface area contributed by atoms with Crippen LogP contribution in [0.1, 0.15) is 47.2 Å². The van der Waals surface area contributed by atoms with Gasteiger partial charge in [-0.3, -0.25) is 10.00 Å². The van der Waals surface area contributed by atoms with Crippen molar-refractivity contribution in [2.24, 2.45) is 5.41 Å². The number of H-pyrrole nitrogens is 1. The standard InChI is InChI=1S/C19H25N5/c1-18(2,3)15-10-14(22-23-15)13-8-7-9-17(21-13)24-11-16(20-12-24)19(4,5)6/h7-11,20H,1-6H3,(H,22,23). The van der Waals surface area contributed by atoms with E-state index in [0.29, 0.717) is 0 Å². The topological polar surface area (TPSA) is 56.8 Å². The largest absolute Gasteiger partial charge is 0.357 e. The highest BCUT2D eigenvalue weighted by molar-refractivity contribution is 5.60. The zero-order valence-electron chi connectivity index (χ0n) is 15.2. The first-order valence-corrected chi connectivity index (χ1v) is 8.21. The third-order valence-electron chi connectivity index (χ3n) is 4.01. The van der Waals surface area contributed by atoms with Crippen molar-refractivity contribution in [1.82, 2.24) is 20.5 Å². The molecule has 1 aliphatic rings. The summed E-state index contributed by atoms with van der Waals surface area (Å²) in [5.74, 6) is 0.819. The zero-order valence-corrected chi connectivity index (χ0v) is 15.2. The van der Waals surface area contributed by atoms with E-state index in [1.807, 2.05) is 29.3 Å². The molecule has 0 bridgehead atoms. The lowest BCUT2D eigenvalue weighted by Crippen LogP contribution is -2.19. The Labute approximate surface area is 144 Å². The molecule has 0 aromatic carbocycles. The first-order valence-electron chi connectivity index (χ1n) is 8.21. The first kappa shape index (κ1) is 16.6. The van der Waals surface area contributed by atoms with E-state index in [-0.39, 0.29) is 10.8 Å². The van der Waals surface area contributed by atoms with E-state index in [4.69, 9.17) is 4.98 Å². The van der Waals surface area contributed by atoms with Crippen molar-refractivity contribution in [2.75, 3.05) is 4.90 Å². The summed E-state index contributed by atoms with van der Waals surface area (Å²) in [4.78, 5) is 6.62. The van der Waals surface area contributed by atoms with Crippen LogP contribution in [0.4, 0.5) is 5.82 Å². The van der Waals surface area contributed by atoms with Crippen LogP contribution >= 0.6 is 0 Å². The molecule has 5 nitrogen and oxygen atoms in total. The quantitative estimate of drug-likeness (QED) is 0.875. The van der Waals surface area contributed by atoms with Crippen LogP contribution in [0.15, 0.2) is 36.2 Å². The Morgan fingerprint density at radius 3 is 2.33 bits per heavy atom. The molecule has 5 heteroatoms. The molecule has 3 rings (SSSR count). The molecule has 0 aliphatic carbocycles. The van der Waals surface area contributed by atoms with E-state index < -0.39 is 0 Å². The number of anilines is 1. The van der Waals surface area contributed by atoms with Crippen LogP contribution in [0.25, 0.3) is 11.4 Å². The number of hydrogen-bond donors (Lipinski definition) is 2. The molecule has 2 aromatic heterocycles. The van der Waals surface area contributed by atoms with Crippen LogP contribution in [0.2, 0.25) is 0 Å². The highest BCUT2D eigenvalue weighted by Gasteiger charge is 2.25. The zero-order chi connectivity index (χ0) is 17.5. The molecule has 0 amide bonds. The number of aromatic amines is 1. The molecule has 3 heterocycles. The number of nitrogens with one attached hydrogen (secondary N) is 2. The highest BCUT2D eigenvalue weighted by atomic mass is 15.3. The minimum Gasteiger partial charge on any atom is -0.357 e. The summed E-state index contributed by atoms with van der Waals surface area (Å²) in [6.07, 6.45) is 2.04. The molecule has 1 aliphatic heterocycles. The van der Waals surface area contributed by atoms with Gasteiger partial charge in [0, 0.05) is 28.4 Å². The van der Waals surface area contributed by atoms with Gasteiger partial charge in [-0.2, -0.15) is 5.10 Å². The summed E-state index contributed by atoms with van der Waals surface area (Å²) in [5.41, 5.74) is 3.99. The normalized spacial score (nSPS) is 15.4. The fraction of sp³-hybridized carbons (Fsp3) is 0.421. The molecular weight excluding hydrogens is 298 g/mol. The summed E-state index contributed by atoms with van der Waals surface area (Å²) in [6.45, 7) is 16.1. The monoisotopic (exact) mass is 323 g/mol. The van der Waals surface area contributed by atoms with Crippen molar-refractivity contribution in [3.8, 4) is 11.4 Å². The second-order valence-electron chi connectivity index (χ2n) is 8.20. The van der Waals surface area contributed by atoms with Gasteiger partial charge in [-0.15, -0.1) is 0 Å². The molecule has 0 saturated heterocycles. The smallest absolute Gasteiger partial charge is 0.211 e. The minimum absolute atomic E-state index is 0.0354. The van der Waals surface area contributed by atoms with E-state index in [2.05, 4.69) is 69.8 Å². The maximum atomic E-state index is 4.73. The fourth-order valence-electron chi connectivity index (χ4n) is 2.36. The molecule has 0 fully saturated rings. The lowest BCUT2D eigenvalue weighted by molar-refractivity contribution is 0.480. The summed E-state index contributed by atoms with van der Waals surface area (Å²) in [5, 5.41) is 10.7. The van der Waals surface area contributed by atoms with Crippen LogP contribution < -0.4 is 10.2 Å². The average Bonchev–Trinajstić information content (AvgIpc) is 3.16. The SMILES string of the molecule is CC(C)(C)C1=CN(c2cccc(-c3cc(C(C)(C)C)[nH]n3)n2)[C]N1. The van der Waals surface area contributed by atoms with Gasteiger partial charge in [0.2, 0.25) is 6.67 Å². The molecule has 0 spiro atoms. The second kappa shape index (κ2) is 5.65. The van der Waals surface area contributed by atoms with Crippen LogP contribution in [-0.2, 0) is 5.41 Å². The number of hydrogen-bond acceptors (Lipinski definition) is 4. The van der Waals surface area contributed by atoms with Gasteiger partial charge in [-0.25, -0.2) is 4.98 Å². The van der Waals surface area contributed by atoms with Crippen molar-refractivity contribution in [3.05, 3.63) is 48.5 Å². The van der Waals surface area contributed by atoms with Gasteiger partial charge in [0.1, 0.15) is 11.5 Å². The third-order valence-corrected chi connectivity index (χ3v) is 4.01. The summed E-state index contributed by atoms with van der Waals surface area (Å²) in [6, 6.07) is 8.01. The van der Waals surface area contributed by atoms with Crippen molar-refractivity contribution >= 4 is 5.82 Å². The average molecular weight is 323 g/mol. The van der Waals surface area contributed by atoms with Gasteiger partial charge < -0.3 is 5.32 Å². The Bertz CT molecular complexity index is 759. The van der Waals surface area contributed by atoms with E-state index >= 15 is 0 Å². The number of nitrogens with zero attached hydrogens (tertiary/aromatic N) is 3. The maximum Gasteiger partial charge on any atom is 0.211 e. The first-order chi connectivity index (χ1) is 11.1. The Kier molecular flexibility index (Phi) is 3.90. The Morgan fingerprint density at radius 2 is 1.75 bits per heavy atom. The Morgan fingerprint density at radius 1 is 1.00 bits per heavy atom. The third kappa shape index (κ3) is 3.30. The Hall–Kier alpha value is -2.30. The fourth-order valence-corrected chi connectivity index (χ4v) is 2.36.